The molecule has 1 aliphatic carbocycles. The molecule has 23 heavy (non-hydrogen) atoms. The average Bonchev–Trinajstić information content (AvgIpc) is 3.23. The van der Waals surface area contributed by atoms with Gasteiger partial charge in [-0.25, -0.2) is 0 Å². The first-order chi connectivity index (χ1) is 11.2. The minimum Gasteiger partial charge on any atom is -0.339 e. The summed E-state index contributed by atoms with van der Waals surface area (Å²) in [6, 6.07) is 8.56. The summed E-state index contributed by atoms with van der Waals surface area (Å²) < 4.78 is 0. The van der Waals surface area contributed by atoms with Gasteiger partial charge in [0.15, 0.2) is 0 Å². The van der Waals surface area contributed by atoms with Crippen LogP contribution in [0.3, 0.4) is 0 Å². The summed E-state index contributed by atoms with van der Waals surface area (Å²) in [5, 5.41) is 0. The molecule has 122 valence electrons. The molecule has 4 heteroatoms. The third-order valence-corrected chi connectivity index (χ3v) is 5.65. The van der Waals surface area contributed by atoms with Crippen LogP contribution in [0.25, 0.3) is 0 Å². The Balaban J connectivity index is 1.51. The van der Waals surface area contributed by atoms with Crippen LogP contribution in [0.15, 0.2) is 24.3 Å². The number of aryl methyl sites for hydroxylation is 1. The van der Waals surface area contributed by atoms with Gasteiger partial charge in [0, 0.05) is 31.2 Å². The van der Waals surface area contributed by atoms with Crippen molar-refractivity contribution in [2.75, 3.05) is 18.0 Å². The zero-order valence-corrected chi connectivity index (χ0v) is 13.5. The Labute approximate surface area is 137 Å². The fourth-order valence-electron chi connectivity index (χ4n) is 4.45. The maximum atomic E-state index is 13.0. The van der Waals surface area contributed by atoms with Crippen LogP contribution in [-0.2, 0) is 16.0 Å². The van der Waals surface area contributed by atoms with Crippen molar-refractivity contribution < 1.29 is 9.59 Å². The monoisotopic (exact) mass is 312 g/mol. The van der Waals surface area contributed by atoms with E-state index in [1.54, 1.807) is 0 Å². The maximum Gasteiger partial charge on any atom is 0.232 e. The third-order valence-electron chi connectivity index (χ3n) is 5.65. The number of anilines is 1. The number of likely N-dealkylation sites (tertiary alicyclic amines) is 1. The van der Waals surface area contributed by atoms with Gasteiger partial charge in [0.1, 0.15) is 0 Å². The van der Waals surface area contributed by atoms with E-state index >= 15 is 0 Å². The van der Waals surface area contributed by atoms with Gasteiger partial charge in [-0.3, -0.25) is 9.59 Å². The largest absolute Gasteiger partial charge is 0.339 e. The molecule has 1 aromatic rings. The van der Waals surface area contributed by atoms with E-state index in [1.165, 1.54) is 18.4 Å². The Kier molecular flexibility index (Phi) is 3.83. The van der Waals surface area contributed by atoms with Gasteiger partial charge in [0.25, 0.3) is 0 Å². The van der Waals surface area contributed by atoms with Gasteiger partial charge in [-0.1, -0.05) is 31.0 Å². The van der Waals surface area contributed by atoms with Crippen molar-refractivity contribution in [3.8, 4) is 0 Å². The summed E-state index contributed by atoms with van der Waals surface area (Å²) in [5.41, 5.74) is 2.31. The predicted octanol–water partition coefficient (Wildman–Crippen LogP) is 2.76. The van der Waals surface area contributed by atoms with Gasteiger partial charge in [-0.2, -0.15) is 0 Å². The van der Waals surface area contributed by atoms with Crippen LogP contribution in [0.4, 0.5) is 5.69 Å². The van der Waals surface area contributed by atoms with Crippen LogP contribution in [0.1, 0.15) is 44.1 Å². The smallest absolute Gasteiger partial charge is 0.232 e. The van der Waals surface area contributed by atoms with Crippen LogP contribution < -0.4 is 4.90 Å². The van der Waals surface area contributed by atoms with Crippen LogP contribution >= 0.6 is 0 Å². The van der Waals surface area contributed by atoms with Crippen LogP contribution in [0, 0.1) is 5.92 Å². The molecule has 0 spiro atoms. The second-order valence-corrected chi connectivity index (χ2v) is 7.11. The van der Waals surface area contributed by atoms with E-state index in [9.17, 15) is 9.59 Å². The maximum absolute atomic E-state index is 13.0. The third kappa shape index (κ3) is 2.64. The minimum atomic E-state index is -0.158. The molecule has 1 atom stereocenters. The van der Waals surface area contributed by atoms with Gasteiger partial charge >= 0.3 is 0 Å². The Hall–Kier alpha value is -1.84. The van der Waals surface area contributed by atoms with Crippen molar-refractivity contribution >= 4 is 17.5 Å². The first kappa shape index (κ1) is 14.7. The van der Waals surface area contributed by atoms with Crippen molar-refractivity contribution in [3.63, 3.8) is 0 Å². The second kappa shape index (κ2) is 5.99. The molecule has 0 bridgehead atoms. The van der Waals surface area contributed by atoms with Gasteiger partial charge in [-0.05, 0) is 37.3 Å². The summed E-state index contributed by atoms with van der Waals surface area (Å²) in [5.74, 6) is 0.167. The van der Waals surface area contributed by atoms with Crippen molar-refractivity contribution in [1.29, 1.82) is 0 Å². The number of fused-ring (bicyclic) bond motifs is 1. The SMILES string of the molecule is O=C([C@@H]1CC(=O)N(C2CCCC2)C1)N1CCCc2ccccc21. The summed E-state index contributed by atoms with van der Waals surface area (Å²) in [6.45, 7) is 1.41. The predicted molar refractivity (Wildman–Crippen MR) is 89.2 cm³/mol. The molecule has 2 fully saturated rings. The lowest BCUT2D eigenvalue weighted by molar-refractivity contribution is -0.130. The Morgan fingerprint density at radius 2 is 1.87 bits per heavy atom. The van der Waals surface area contributed by atoms with Gasteiger partial charge in [0.2, 0.25) is 11.8 Å². The number of carbonyl (C=O) groups is 2. The van der Waals surface area contributed by atoms with E-state index in [2.05, 4.69) is 6.07 Å². The highest BCUT2D eigenvalue weighted by molar-refractivity contribution is 5.99. The number of benzene rings is 1. The molecular formula is C19H24N2O2. The lowest BCUT2D eigenvalue weighted by Crippen LogP contribution is -2.41. The van der Waals surface area contributed by atoms with Crippen molar-refractivity contribution in [2.24, 2.45) is 5.92 Å². The zero-order chi connectivity index (χ0) is 15.8. The molecule has 4 rings (SSSR count). The standard InChI is InChI=1S/C19H24N2O2/c22-18-12-15(13-21(18)16-8-2-3-9-16)19(23)20-11-5-7-14-6-1-4-10-17(14)20/h1,4,6,10,15-16H,2-3,5,7-9,11-13H2/t15-/m1/s1. The zero-order valence-electron chi connectivity index (χ0n) is 13.5. The number of hydrogen-bond acceptors (Lipinski definition) is 2. The molecule has 0 radical (unpaired) electrons. The molecule has 4 nitrogen and oxygen atoms in total. The number of amides is 2. The van der Waals surface area contributed by atoms with Gasteiger partial charge in [0.05, 0.1) is 5.92 Å². The fourth-order valence-corrected chi connectivity index (χ4v) is 4.45. The molecule has 1 saturated heterocycles. The Morgan fingerprint density at radius 1 is 1.09 bits per heavy atom. The number of carbonyl (C=O) groups excluding carboxylic acids is 2. The number of para-hydroxylation sites is 1. The lowest BCUT2D eigenvalue weighted by atomic mass is 9.99. The van der Waals surface area contributed by atoms with Crippen LogP contribution in [0.2, 0.25) is 0 Å². The van der Waals surface area contributed by atoms with E-state index in [0.29, 0.717) is 19.0 Å². The van der Waals surface area contributed by atoms with Crippen molar-refractivity contribution in [3.05, 3.63) is 29.8 Å². The Morgan fingerprint density at radius 3 is 2.70 bits per heavy atom. The number of nitrogens with zero attached hydrogens (tertiary/aromatic N) is 2. The molecule has 0 aromatic heterocycles. The average molecular weight is 312 g/mol. The van der Waals surface area contributed by atoms with E-state index in [1.807, 2.05) is 28.0 Å². The van der Waals surface area contributed by atoms with Gasteiger partial charge in [-0.15, -0.1) is 0 Å². The first-order valence-corrected chi connectivity index (χ1v) is 8.93. The topological polar surface area (TPSA) is 40.6 Å². The highest BCUT2D eigenvalue weighted by atomic mass is 16.2. The molecule has 1 aromatic carbocycles. The first-order valence-electron chi connectivity index (χ1n) is 8.93. The normalized spacial score (nSPS) is 25.0. The molecule has 3 aliphatic rings. The molecule has 0 unspecified atom stereocenters. The molecule has 0 N–H and O–H groups in total. The Bertz CT molecular complexity index is 622. The molecule has 2 heterocycles. The van der Waals surface area contributed by atoms with E-state index in [-0.39, 0.29) is 17.7 Å². The van der Waals surface area contributed by atoms with Gasteiger partial charge < -0.3 is 9.80 Å². The quantitative estimate of drug-likeness (QED) is 0.842. The summed E-state index contributed by atoms with van der Waals surface area (Å²) in [7, 11) is 0. The number of hydrogen-bond donors (Lipinski definition) is 0. The van der Waals surface area contributed by atoms with E-state index in [4.69, 9.17) is 0 Å². The van der Waals surface area contributed by atoms with Crippen LogP contribution in [-0.4, -0.2) is 35.8 Å². The molecular weight excluding hydrogens is 288 g/mol. The molecule has 2 amide bonds. The van der Waals surface area contributed by atoms with Crippen molar-refractivity contribution in [1.82, 2.24) is 4.90 Å². The summed E-state index contributed by atoms with van der Waals surface area (Å²) >= 11 is 0. The highest BCUT2D eigenvalue weighted by Gasteiger charge is 2.40. The number of rotatable bonds is 2. The lowest BCUT2D eigenvalue weighted by Gasteiger charge is -2.31. The van der Waals surface area contributed by atoms with E-state index < -0.39 is 0 Å². The minimum absolute atomic E-state index is 0.144. The molecule has 1 saturated carbocycles. The van der Waals surface area contributed by atoms with Crippen molar-refractivity contribution in [2.45, 2.75) is 51.0 Å². The van der Waals surface area contributed by atoms with Crippen LogP contribution in [0.5, 0.6) is 0 Å². The molecule has 2 aliphatic heterocycles. The second-order valence-electron chi connectivity index (χ2n) is 7.11. The highest BCUT2D eigenvalue weighted by Crippen LogP contribution is 2.33. The summed E-state index contributed by atoms with van der Waals surface area (Å²) in [6.07, 6.45) is 7.10. The van der Waals surface area contributed by atoms with E-state index in [0.717, 1.165) is 37.9 Å². The fraction of sp³-hybridized carbons (Fsp3) is 0.579. The summed E-state index contributed by atoms with van der Waals surface area (Å²) in [4.78, 5) is 29.3.